The minimum absolute atomic E-state index is 0.0122. The van der Waals surface area contributed by atoms with Gasteiger partial charge in [-0.2, -0.15) is 0 Å². The Morgan fingerprint density at radius 3 is 2.71 bits per heavy atom. The fourth-order valence-corrected chi connectivity index (χ4v) is 1.42. The lowest BCUT2D eigenvalue weighted by Gasteiger charge is -2.10. The van der Waals surface area contributed by atoms with E-state index in [4.69, 9.17) is 9.84 Å². The first-order chi connectivity index (χ1) is 8.13. The van der Waals surface area contributed by atoms with E-state index >= 15 is 0 Å². The summed E-state index contributed by atoms with van der Waals surface area (Å²) in [6, 6.07) is 0. The van der Waals surface area contributed by atoms with Gasteiger partial charge < -0.3 is 15.2 Å². The molecule has 0 spiro atoms. The summed E-state index contributed by atoms with van der Waals surface area (Å²) in [7, 11) is 1.43. The van der Waals surface area contributed by atoms with Crippen LogP contribution in [0.1, 0.15) is 33.6 Å². The maximum atomic E-state index is 11.5. The lowest BCUT2D eigenvalue weighted by molar-refractivity contribution is 0.0685. The van der Waals surface area contributed by atoms with Gasteiger partial charge in [0.1, 0.15) is 5.56 Å². The van der Waals surface area contributed by atoms with E-state index in [1.54, 1.807) is 0 Å². The van der Waals surface area contributed by atoms with E-state index in [-0.39, 0.29) is 23.0 Å². The number of nitrogens with one attached hydrogen (secondary N) is 1. The van der Waals surface area contributed by atoms with Crippen molar-refractivity contribution >= 4 is 11.9 Å². The summed E-state index contributed by atoms with van der Waals surface area (Å²) < 4.78 is 5.43. The molecule has 1 fully saturated rings. The summed E-state index contributed by atoms with van der Waals surface area (Å²) in [5.41, 5.74) is -0.121. The lowest BCUT2D eigenvalue weighted by atomic mass is 10.1. The number of rotatable bonds is 4. The number of hydrogen-bond acceptors (Lipinski definition) is 4. The van der Waals surface area contributed by atoms with E-state index < -0.39 is 11.9 Å². The zero-order valence-electron chi connectivity index (χ0n) is 9.27. The highest BCUT2D eigenvalue weighted by Crippen LogP contribution is 2.30. The minimum atomic E-state index is -1.19. The quantitative estimate of drug-likeness (QED) is 0.802. The molecule has 1 aliphatic carbocycles. The molecule has 6 heteroatoms. The SMILES string of the molecule is CNC(=O)c1cncc(OC2CC2)c1C(=O)O. The molecule has 0 aliphatic heterocycles. The van der Waals surface area contributed by atoms with E-state index in [1.807, 2.05) is 0 Å². The van der Waals surface area contributed by atoms with Crippen molar-refractivity contribution in [1.82, 2.24) is 10.3 Å². The molecule has 1 aliphatic rings. The Hall–Kier alpha value is -2.11. The van der Waals surface area contributed by atoms with Crippen LogP contribution in [0.15, 0.2) is 12.4 Å². The summed E-state index contributed by atoms with van der Waals surface area (Å²) in [6.45, 7) is 0. The molecule has 1 amide bonds. The van der Waals surface area contributed by atoms with Crippen LogP contribution >= 0.6 is 0 Å². The van der Waals surface area contributed by atoms with E-state index in [2.05, 4.69) is 10.3 Å². The van der Waals surface area contributed by atoms with Gasteiger partial charge in [0.15, 0.2) is 5.75 Å². The molecular formula is C11H12N2O4. The summed E-state index contributed by atoms with van der Waals surface area (Å²) in [5, 5.41) is 11.5. The molecule has 0 radical (unpaired) electrons. The predicted octanol–water partition coefficient (Wildman–Crippen LogP) is 0.681. The van der Waals surface area contributed by atoms with Crippen molar-refractivity contribution in [1.29, 1.82) is 0 Å². The topological polar surface area (TPSA) is 88.5 Å². The molecule has 2 rings (SSSR count). The van der Waals surface area contributed by atoms with Gasteiger partial charge in [-0.1, -0.05) is 0 Å². The third-order valence-corrected chi connectivity index (χ3v) is 2.41. The number of carbonyl (C=O) groups is 2. The fraction of sp³-hybridized carbons (Fsp3) is 0.364. The van der Waals surface area contributed by atoms with Gasteiger partial charge in [0, 0.05) is 13.2 Å². The molecule has 1 heterocycles. The fourth-order valence-electron chi connectivity index (χ4n) is 1.42. The van der Waals surface area contributed by atoms with Crippen molar-refractivity contribution < 1.29 is 19.4 Å². The Balaban J connectivity index is 2.43. The van der Waals surface area contributed by atoms with Crippen molar-refractivity contribution in [3.63, 3.8) is 0 Å². The summed E-state index contributed by atoms with van der Waals surface area (Å²) >= 11 is 0. The van der Waals surface area contributed by atoms with Crippen LogP contribution in [0.4, 0.5) is 0 Å². The van der Waals surface area contributed by atoms with Gasteiger partial charge in [-0.05, 0) is 12.8 Å². The summed E-state index contributed by atoms with van der Waals surface area (Å²) in [4.78, 5) is 26.5. The zero-order valence-corrected chi connectivity index (χ0v) is 9.27. The van der Waals surface area contributed by atoms with Crippen LogP contribution in [0, 0.1) is 0 Å². The lowest BCUT2D eigenvalue weighted by Crippen LogP contribution is -2.22. The first-order valence-corrected chi connectivity index (χ1v) is 5.23. The van der Waals surface area contributed by atoms with Crippen LogP contribution in [0.3, 0.4) is 0 Å². The van der Waals surface area contributed by atoms with Gasteiger partial charge in [0.05, 0.1) is 17.9 Å². The summed E-state index contributed by atoms with van der Waals surface area (Å²) in [5.74, 6) is -1.53. The molecule has 1 aromatic rings. The van der Waals surface area contributed by atoms with Crippen LogP contribution in [0.5, 0.6) is 5.75 Å². The average molecular weight is 236 g/mol. The van der Waals surface area contributed by atoms with Crippen LogP contribution < -0.4 is 10.1 Å². The van der Waals surface area contributed by atoms with Crippen molar-refractivity contribution in [3.05, 3.63) is 23.5 Å². The molecular weight excluding hydrogens is 224 g/mol. The smallest absolute Gasteiger partial charge is 0.340 e. The van der Waals surface area contributed by atoms with Gasteiger partial charge in [0.25, 0.3) is 5.91 Å². The molecule has 0 unspecified atom stereocenters. The summed E-state index contributed by atoms with van der Waals surface area (Å²) in [6.07, 6.45) is 4.41. The second-order valence-electron chi connectivity index (χ2n) is 3.76. The second-order valence-corrected chi connectivity index (χ2v) is 3.76. The van der Waals surface area contributed by atoms with Gasteiger partial charge >= 0.3 is 5.97 Å². The second kappa shape index (κ2) is 4.40. The number of carbonyl (C=O) groups excluding carboxylic acids is 1. The molecule has 2 N–H and O–H groups in total. The standard InChI is InChI=1S/C11H12N2O4/c1-12-10(14)7-4-13-5-8(9(7)11(15)16)17-6-2-3-6/h4-6H,2-3H2,1H3,(H,12,14)(H,15,16). The van der Waals surface area contributed by atoms with Crippen molar-refractivity contribution in [2.75, 3.05) is 7.05 Å². The van der Waals surface area contributed by atoms with E-state index in [0.717, 1.165) is 12.8 Å². The Kier molecular flexibility index (Phi) is 2.95. The molecule has 90 valence electrons. The first kappa shape index (κ1) is 11.4. The third kappa shape index (κ3) is 2.35. The third-order valence-electron chi connectivity index (χ3n) is 2.41. The maximum absolute atomic E-state index is 11.5. The number of aromatic carboxylic acids is 1. The number of nitrogens with zero attached hydrogens (tertiary/aromatic N) is 1. The van der Waals surface area contributed by atoms with Crippen molar-refractivity contribution in [2.45, 2.75) is 18.9 Å². The number of carboxylic acid groups (broad SMARTS) is 1. The molecule has 6 nitrogen and oxygen atoms in total. The largest absolute Gasteiger partial charge is 0.488 e. The van der Waals surface area contributed by atoms with Gasteiger partial charge in [-0.3, -0.25) is 9.78 Å². The van der Waals surface area contributed by atoms with Gasteiger partial charge in [0.2, 0.25) is 0 Å². The number of amides is 1. The number of ether oxygens (including phenoxy) is 1. The van der Waals surface area contributed by atoms with Crippen molar-refractivity contribution in [3.8, 4) is 5.75 Å². The Bertz CT molecular complexity index is 469. The first-order valence-electron chi connectivity index (χ1n) is 5.23. The van der Waals surface area contributed by atoms with E-state index in [1.165, 1.54) is 19.4 Å². The molecule has 0 saturated heterocycles. The monoisotopic (exact) mass is 236 g/mol. The molecule has 1 aromatic heterocycles. The average Bonchev–Trinajstić information content (AvgIpc) is 3.11. The number of carboxylic acids is 1. The maximum Gasteiger partial charge on any atom is 0.340 e. The van der Waals surface area contributed by atoms with Gasteiger partial charge in [-0.25, -0.2) is 4.79 Å². The van der Waals surface area contributed by atoms with E-state index in [0.29, 0.717) is 0 Å². The Morgan fingerprint density at radius 1 is 1.47 bits per heavy atom. The molecule has 0 atom stereocenters. The van der Waals surface area contributed by atoms with Crippen LogP contribution in [-0.4, -0.2) is 35.1 Å². The number of hydrogen-bond donors (Lipinski definition) is 2. The number of aromatic nitrogens is 1. The van der Waals surface area contributed by atoms with Crippen LogP contribution in [-0.2, 0) is 0 Å². The number of pyridine rings is 1. The molecule has 1 saturated carbocycles. The van der Waals surface area contributed by atoms with E-state index in [9.17, 15) is 9.59 Å². The molecule has 17 heavy (non-hydrogen) atoms. The normalized spacial score (nSPS) is 14.2. The Labute approximate surface area is 97.6 Å². The highest BCUT2D eigenvalue weighted by atomic mass is 16.5. The van der Waals surface area contributed by atoms with Crippen LogP contribution in [0.2, 0.25) is 0 Å². The van der Waals surface area contributed by atoms with Gasteiger partial charge in [-0.15, -0.1) is 0 Å². The van der Waals surface area contributed by atoms with Crippen LogP contribution in [0.25, 0.3) is 0 Å². The minimum Gasteiger partial charge on any atom is -0.488 e. The molecule has 0 aromatic carbocycles. The highest BCUT2D eigenvalue weighted by Gasteiger charge is 2.28. The zero-order chi connectivity index (χ0) is 12.4. The highest BCUT2D eigenvalue weighted by molar-refractivity contribution is 6.06. The predicted molar refractivity (Wildman–Crippen MR) is 58.2 cm³/mol. The molecule has 0 bridgehead atoms. The van der Waals surface area contributed by atoms with Crippen molar-refractivity contribution in [2.24, 2.45) is 0 Å². The Morgan fingerprint density at radius 2 is 2.18 bits per heavy atom.